The number of aryl methyl sites for hydroxylation is 3. The number of hydrogen-bond acceptors (Lipinski definition) is 4. The number of rotatable bonds is 6. The maximum Gasteiger partial charge on any atom is 0.132 e. The number of hydrogen-bond donors (Lipinski definition) is 1. The molecule has 2 aromatic rings. The number of anilines is 1. The molecule has 5 heteroatoms. The molecule has 20 heavy (non-hydrogen) atoms. The molecule has 2 rings (SSSR count). The lowest BCUT2D eigenvalue weighted by molar-refractivity contribution is 0.541. The van der Waals surface area contributed by atoms with Crippen molar-refractivity contribution in [2.24, 2.45) is 13.0 Å². The van der Waals surface area contributed by atoms with E-state index >= 15 is 0 Å². The van der Waals surface area contributed by atoms with Crippen molar-refractivity contribution in [1.82, 2.24) is 14.8 Å². The summed E-state index contributed by atoms with van der Waals surface area (Å²) in [6.45, 7) is 0. The minimum absolute atomic E-state index is 0.0353. The molecule has 104 valence electrons. The van der Waals surface area contributed by atoms with Crippen LogP contribution in [0.2, 0.25) is 0 Å². The Morgan fingerprint density at radius 3 is 2.80 bits per heavy atom. The average Bonchev–Trinajstić information content (AvgIpc) is 2.85. The third kappa shape index (κ3) is 3.82. The maximum absolute atomic E-state index is 9.24. The predicted octanol–water partition coefficient (Wildman–Crippen LogP) is 2.10. The van der Waals surface area contributed by atoms with Crippen LogP contribution in [-0.4, -0.2) is 14.8 Å². The van der Waals surface area contributed by atoms with Gasteiger partial charge in [-0.3, -0.25) is 0 Å². The highest BCUT2D eigenvalue weighted by molar-refractivity contribution is 5.40. The molecule has 0 saturated heterocycles. The second-order valence-corrected chi connectivity index (χ2v) is 5.01. The van der Waals surface area contributed by atoms with Crippen LogP contribution in [0.5, 0.6) is 0 Å². The van der Waals surface area contributed by atoms with Gasteiger partial charge in [0.05, 0.1) is 6.07 Å². The Kier molecular flexibility index (Phi) is 4.72. The van der Waals surface area contributed by atoms with Gasteiger partial charge in [0.1, 0.15) is 12.2 Å². The van der Waals surface area contributed by atoms with Crippen LogP contribution in [0.1, 0.15) is 24.2 Å². The molecule has 0 aliphatic rings. The van der Waals surface area contributed by atoms with Gasteiger partial charge in [0, 0.05) is 25.1 Å². The summed E-state index contributed by atoms with van der Waals surface area (Å²) in [6, 6.07) is 10.2. The van der Waals surface area contributed by atoms with E-state index in [1.54, 1.807) is 6.33 Å². The van der Waals surface area contributed by atoms with Crippen LogP contribution in [0.4, 0.5) is 5.69 Å². The van der Waals surface area contributed by atoms with Crippen LogP contribution < -0.4 is 5.73 Å². The second kappa shape index (κ2) is 6.71. The molecule has 0 spiro atoms. The van der Waals surface area contributed by atoms with E-state index in [0.717, 1.165) is 37.2 Å². The standard InChI is InChI=1S/C15H19N5/c1-20-11-18-19-15(20)8-7-13(10-16)6-5-12-3-2-4-14(17)9-12/h2-4,9,11,13H,5-8,17H2,1H3/t13-/m0/s1. The first-order chi connectivity index (χ1) is 9.69. The fourth-order valence-electron chi connectivity index (χ4n) is 2.20. The van der Waals surface area contributed by atoms with Gasteiger partial charge in [-0.25, -0.2) is 0 Å². The lowest BCUT2D eigenvalue weighted by atomic mass is 9.96. The maximum atomic E-state index is 9.24. The van der Waals surface area contributed by atoms with Crippen LogP contribution >= 0.6 is 0 Å². The second-order valence-electron chi connectivity index (χ2n) is 5.01. The van der Waals surface area contributed by atoms with Crippen molar-refractivity contribution in [2.75, 3.05) is 5.73 Å². The lowest BCUT2D eigenvalue weighted by Gasteiger charge is -2.09. The van der Waals surface area contributed by atoms with E-state index in [1.165, 1.54) is 5.56 Å². The molecule has 0 unspecified atom stereocenters. The molecular formula is C15H19N5. The van der Waals surface area contributed by atoms with Gasteiger partial charge in [-0.2, -0.15) is 5.26 Å². The first-order valence-electron chi connectivity index (χ1n) is 6.76. The monoisotopic (exact) mass is 269 g/mol. The number of nitrogens with two attached hydrogens (primary N) is 1. The lowest BCUT2D eigenvalue weighted by Crippen LogP contribution is -2.05. The Balaban J connectivity index is 1.84. The molecule has 0 aliphatic heterocycles. The van der Waals surface area contributed by atoms with Gasteiger partial charge >= 0.3 is 0 Å². The van der Waals surface area contributed by atoms with Crippen molar-refractivity contribution >= 4 is 5.69 Å². The first kappa shape index (κ1) is 14.1. The zero-order valence-corrected chi connectivity index (χ0v) is 11.7. The minimum Gasteiger partial charge on any atom is -0.399 e. The smallest absolute Gasteiger partial charge is 0.132 e. The van der Waals surface area contributed by atoms with E-state index < -0.39 is 0 Å². The zero-order valence-electron chi connectivity index (χ0n) is 11.7. The highest BCUT2D eigenvalue weighted by Gasteiger charge is 2.10. The van der Waals surface area contributed by atoms with Gasteiger partial charge in [-0.15, -0.1) is 10.2 Å². The van der Waals surface area contributed by atoms with Gasteiger partial charge < -0.3 is 10.3 Å². The molecule has 0 aliphatic carbocycles. The molecule has 0 saturated carbocycles. The summed E-state index contributed by atoms with van der Waals surface area (Å²) in [6.07, 6.45) is 5.00. The largest absolute Gasteiger partial charge is 0.399 e. The Morgan fingerprint density at radius 2 is 2.15 bits per heavy atom. The highest BCUT2D eigenvalue weighted by atomic mass is 15.2. The third-order valence-corrected chi connectivity index (χ3v) is 3.44. The van der Waals surface area contributed by atoms with Crippen molar-refractivity contribution in [3.8, 4) is 6.07 Å². The van der Waals surface area contributed by atoms with E-state index in [-0.39, 0.29) is 5.92 Å². The van der Waals surface area contributed by atoms with Crippen molar-refractivity contribution in [3.63, 3.8) is 0 Å². The molecule has 1 heterocycles. The predicted molar refractivity (Wildman–Crippen MR) is 77.6 cm³/mol. The number of benzene rings is 1. The zero-order chi connectivity index (χ0) is 14.4. The fraction of sp³-hybridized carbons (Fsp3) is 0.400. The van der Waals surface area contributed by atoms with E-state index in [0.29, 0.717) is 0 Å². The van der Waals surface area contributed by atoms with Crippen molar-refractivity contribution < 1.29 is 0 Å². The van der Waals surface area contributed by atoms with Gasteiger partial charge in [0.2, 0.25) is 0 Å². The number of nitrogens with zero attached hydrogens (tertiary/aromatic N) is 4. The molecule has 0 fully saturated rings. The van der Waals surface area contributed by atoms with Crippen LogP contribution in [0, 0.1) is 17.2 Å². The van der Waals surface area contributed by atoms with Crippen molar-refractivity contribution in [3.05, 3.63) is 42.0 Å². The van der Waals surface area contributed by atoms with Crippen molar-refractivity contribution in [1.29, 1.82) is 5.26 Å². The van der Waals surface area contributed by atoms with Crippen LogP contribution in [0.15, 0.2) is 30.6 Å². The summed E-state index contributed by atoms with van der Waals surface area (Å²) in [5.74, 6) is 0.960. The van der Waals surface area contributed by atoms with E-state index in [4.69, 9.17) is 5.73 Å². The highest BCUT2D eigenvalue weighted by Crippen LogP contribution is 2.16. The van der Waals surface area contributed by atoms with E-state index in [2.05, 4.69) is 16.3 Å². The summed E-state index contributed by atoms with van der Waals surface area (Å²) in [5, 5.41) is 17.1. The Hall–Kier alpha value is -2.35. The SMILES string of the molecule is Cn1cnnc1CC[C@@H](C#N)CCc1cccc(N)c1. The van der Waals surface area contributed by atoms with E-state index in [1.807, 2.05) is 35.9 Å². The third-order valence-electron chi connectivity index (χ3n) is 3.44. The summed E-state index contributed by atoms with van der Waals surface area (Å²) in [4.78, 5) is 0. The van der Waals surface area contributed by atoms with Gasteiger partial charge in [0.25, 0.3) is 0 Å². The number of nitriles is 1. The Labute approximate surface area is 119 Å². The van der Waals surface area contributed by atoms with Crippen LogP contribution in [-0.2, 0) is 19.9 Å². The van der Waals surface area contributed by atoms with E-state index in [9.17, 15) is 5.26 Å². The number of nitrogen functional groups attached to an aromatic ring is 1. The van der Waals surface area contributed by atoms with Crippen LogP contribution in [0.3, 0.4) is 0 Å². The Bertz CT molecular complexity index is 596. The summed E-state index contributed by atoms with van der Waals surface area (Å²) in [7, 11) is 1.92. The molecule has 0 bridgehead atoms. The van der Waals surface area contributed by atoms with Gasteiger partial charge in [-0.1, -0.05) is 12.1 Å². The molecular weight excluding hydrogens is 250 g/mol. The molecule has 0 amide bonds. The van der Waals surface area contributed by atoms with Crippen LogP contribution in [0.25, 0.3) is 0 Å². The molecule has 5 nitrogen and oxygen atoms in total. The topological polar surface area (TPSA) is 80.5 Å². The minimum atomic E-state index is 0.0353. The van der Waals surface area contributed by atoms with Crippen molar-refractivity contribution in [2.45, 2.75) is 25.7 Å². The fourth-order valence-corrected chi connectivity index (χ4v) is 2.20. The first-order valence-corrected chi connectivity index (χ1v) is 6.76. The normalized spacial score (nSPS) is 12.0. The average molecular weight is 269 g/mol. The van der Waals surface area contributed by atoms with Gasteiger partial charge in [-0.05, 0) is 37.0 Å². The molecule has 0 radical (unpaired) electrons. The molecule has 1 aromatic heterocycles. The van der Waals surface area contributed by atoms with Gasteiger partial charge in [0.15, 0.2) is 0 Å². The quantitative estimate of drug-likeness (QED) is 0.814. The molecule has 2 N–H and O–H groups in total. The summed E-state index contributed by atoms with van der Waals surface area (Å²) < 4.78 is 1.90. The number of aromatic nitrogens is 3. The summed E-state index contributed by atoms with van der Waals surface area (Å²) in [5.41, 5.74) is 7.71. The molecule has 1 atom stereocenters. The molecule has 1 aromatic carbocycles. The summed E-state index contributed by atoms with van der Waals surface area (Å²) >= 11 is 0. The Morgan fingerprint density at radius 1 is 1.35 bits per heavy atom.